The summed E-state index contributed by atoms with van der Waals surface area (Å²) in [6.45, 7) is 5.01. The van der Waals surface area contributed by atoms with E-state index in [1.807, 2.05) is 26.0 Å². The largest absolute Gasteiger partial charge is 0.477 e. The zero-order valence-electron chi connectivity index (χ0n) is 13.3. The minimum atomic E-state index is 0.504. The Hall–Kier alpha value is -2.68. The van der Waals surface area contributed by atoms with E-state index in [4.69, 9.17) is 4.74 Å². The van der Waals surface area contributed by atoms with Crippen molar-refractivity contribution < 1.29 is 4.74 Å². The van der Waals surface area contributed by atoms with E-state index in [0.29, 0.717) is 29.7 Å². The molecule has 0 amide bonds. The highest BCUT2D eigenvalue weighted by atomic mass is 16.5. The van der Waals surface area contributed by atoms with Gasteiger partial charge < -0.3 is 10.1 Å². The van der Waals surface area contributed by atoms with Gasteiger partial charge in [0, 0.05) is 18.8 Å². The van der Waals surface area contributed by atoms with Gasteiger partial charge in [-0.2, -0.15) is 10.4 Å². The molecule has 0 radical (unpaired) electrons. The van der Waals surface area contributed by atoms with Crippen molar-refractivity contribution in [2.75, 3.05) is 11.9 Å². The van der Waals surface area contributed by atoms with Crippen LogP contribution in [0.2, 0.25) is 0 Å². The molecule has 2 heterocycles. The van der Waals surface area contributed by atoms with Crippen LogP contribution in [0, 0.1) is 31.1 Å². The molecule has 1 aliphatic carbocycles. The number of hydrogen-bond donors (Lipinski definition) is 1. The van der Waals surface area contributed by atoms with E-state index < -0.39 is 0 Å². The average molecular weight is 309 g/mol. The normalized spacial score (nSPS) is 13.4. The van der Waals surface area contributed by atoms with Crippen LogP contribution in [0.5, 0.6) is 5.88 Å². The molecule has 0 atom stereocenters. The van der Waals surface area contributed by atoms with Crippen molar-refractivity contribution in [2.24, 2.45) is 5.92 Å². The van der Waals surface area contributed by atoms with Gasteiger partial charge in [-0.3, -0.25) is 0 Å². The van der Waals surface area contributed by atoms with E-state index in [0.717, 1.165) is 23.4 Å². The number of rotatable bonds is 6. The summed E-state index contributed by atoms with van der Waals surface area (Å²) in [5.74, 6) is 1.87. The number of ether oxygens (including phenoxy) is 1. The van der Waals surface area contributed by atoms with Crippen molar-refractivity contribution in [3.8, 4) is 11.9 Å². The smallest absolute Gasteiger partial charge is 0.213 e. The second-order valence-electron chi connectivity index (χ2n) is 5.86. The topological polar surface area (TPSA) is 83.7 Å². The Morgan fingerprint density at radius 1 is 1.30 bits per heavy atom. The Balaban J connectivity index is 1.62. The van der Waals surface area contributed by atoms with Crippen LogP contribution >= 0.6 is 0 Å². The van der Waals surface area contributed by atoms with Crippen LogP contribution in [0.15, 0.2) is 18.3 Å². The maximum absolute atomic E-state index is 9.28. The number of nitrogens with one attached hydrogen (secondary N) is 1. The Labute approximate surface area is 135 Å². The maximum Gasteiger partial charge on any atom is 0.213 e. The second-order valence-corrected chi connectivity index (χ2v) is 5.86. The number of aryl methyl sites for hydroxylation is 1. The molecule has 1 saturated carbocycles. The zero-order chi connectivity index (χ0) is 16.2. The fourth-order valence-electron chi connectivity index (χ4n) is 2.14. The predicted molar refractivity (Wildman–Crippen MR) is 86.0 cm³/mol. The van der Waals surface area contributed by atoms with E-state index in [1.165, 1.54) is 12.8 Å². The molecule has 1 fully saturated rings. The van der Waals surface area contributed by atoms with Crippen LogP contribution in [0.25, 0.3) is 0 Å². The van der Waals surface area contributed by atoms with Crippen LogP contribution < -0.4 is 10.1 Å². The molecule has 0 aliphatic heterocycles. The number of nitriles is 1. The molecule has 118 valence electrons. The quantitative estimate of drug-likeness (QED) is 0.883. The first-order chi connectivity index (χ1) is 11.2. The summed E-state index contributed by atoms with van der Waals surface area (Å²) in [5, 5.41) is 20.6. The third kappa shape index (κ3) is 3.75. The lowest BCUT2D eigenvalue weighted by Crippen LogP contribution is -2.08. The molecule has 2 aromatic rings. The number of anilines is 1. The molecule has 23 heavy (non-hydrogen) atoms. The third-order valence-electron chi connectivity index (χ3n) is 3.99. The predicted octanol–water partition coefficient (Wildman–Crippen LogP) is 2.76. The van der Waals surface area contributed by atoms with Crippen molar-refractivity contribution in [3.05, 3.63) is 40.7 Å². The van der Waals surface area contributed by atoms with E-state index >= 15 is 0 Å². The summed E-state index contributed by atoms with van der Waals surface area (Å²) in [6.07, 6.45) is 4.30. The molecule has 1 N–H and O–H groups in total. The Morgan fingerprint density at radius 3 is 2.78 bits per heavy atom. The first-order valence-electron chi connectivity index (χ1n) is 7.73. The Kier molecular flexibility index (Phi) is 4.38. The van der Waals surface area contributed by atoms with Gasteiger partial charge in [0.15, 0.2) is 5.82 Å². The Morgan fingerprint density at radius 2 is 2.13 bits per heavy atom. The summed E-state index contributed by atoms with van der Waals surface area (Å²) in [4.78, 5) is 4.30. The summed E-state index contributed by atoms with van der Waals surface area (Å²) >= 11 is 0. The lowest BCUT2D eigenvalue weighted by atomic mass is 10.1. The molecule has 0 spiro atoms. The SMILES string of the molecule is Cc1nnc(NCc2ccc(OCC3CC3)nc2)c(C#N)c1C. The van der Waals surface area contributed by atoms with Crippen LogP contribution in [0.1, 0.15) is 35.2 Å². The van der Waals surface area contributed by atoms with Gasteiger partial charge in [-0.05, 0) is 43.7 Å². The number of nitrogens with zero attached hydrogens (tertiary/aromatic N) is 4. The number of pyridine rings is 1. The first kappa shape index (κ1) is 15.2. The van der Waals surface area contributed by atoms with Crippen LogP contribution in [0.4, 0.5) is 5.82 Å². The molecule has 6 heteroatoms. The van der Waals surface area contributed by atoms with Crippen molar-refractivity contribution >= 4 is 5.82 Å². The maximum atomic E-state index is 9.28. The molecule has 0 bridgehead atoms. The van der Waals surface area contributed by atoms with E-state index in [-0.39, 0.29) is 0 Å². The minimum absolute atomic E-state index is 0.504. The first-order valence-corrected chi connectivity index (χ1v) is 7.73. The molecule has 6 nitrogen and oxygen atoms in total. The van der Waals surface area contributed by atoms with E-state index in [9.17, 15) is 5.26 Å². The molecule has 0 aromatic carbocycles. The summed E-state index contributed by atoms with van der Waals surface area (Å²) in [7, 11) is 0. The standard InChI is InChI=1S/C17H19N5O/c1-11-12(2)21-22-17(15(11)7-18)20-9-14-5-6-16(19-8-14)23-10-13-3-4-13/h5-6,8,13H,3-4,9-10H2,1-2H3,(H,20,22). The van der Waals surface area contributed by atoms with Crippen LogP contribution in [-0.2, 0) is 6.54 Å². The summed E-state index contributed by atoms with van der Waals surface area (Å²) in [6, 6.07) is 6.02. The van der Waals surface area contributed by atoms with Crippen molar-refractivity contribution in [1.82, 2.24) is 15.2 Å². The van der Waals surface area contributed by atoms with E-state index in [1.54, 1.807) is 6.20 Å². The molecule has 1 aliphatic rings. The number of hydrogen-bond acceptors (Lipinski definition) is 6. The fourth-order valence-corrected chi connectivity index (χ4v) is 2.14. The highest BCUT2D eigenvalue weighted by Gasteiger charge is 2.22. The van der Waals surface area contributed by atoms with Gasteiger partial charge in [-0.25, -0.2) is 4.98 Å². The van der Waals surface area contributed by atoms with Crippen LogP contribution in [0.3, 0.4) is 0 Å². The third-order valence-corrected chi connectivity index (χ3v) is 3.99. The van der Waals surface area contributed by atoms with Crippen LogP contribution in [-0.4, -0.2) is 21.8 Å². The molecular formula is C17H19N5O. The molecule has 0 unspecified atom stereocenters. The summed E-state index contributed by atoms with van der Waals surface area (Å²) in [5.41, 5.74) is 3.15. The summed E-state index contributed by atoms with van der Waals surface area (Å²) < 4.78 is 5.62. The van der Waals surface area contributed by atoms with Crippen molar-refractivity contribution in [3.63, 3.8) is 0 Å². The van der Waals surface area contributed by atoms with Gasteiger partial charge in [-0.1, -0.05) is 6.07 Å². The molecule has 3 rings (SSSR count). The van der Waals surface area contributed by atoms with Gasteiger partial charge in [-0.15, -0.1) is 5.10 Å². The molecular weight excluding hydrogens is 290 g/mol. The average Bonchev–Trinajstić information content (AvgIpc) is 3.39. The second kappa shape index (κ2) is 6.61. The van der Waals surface area contributed by atoms with Crippen molar-refractivity contribution in [1.29, 1.82) is 5.26 Å². The van der Waals surface area contributed by atoms with E-state index in [2.05, 4.69) is 26.6 Å². The Bertz CT molecular complexity index is 732. The van der Waals surface area contributed by atoms with Crippen molar-refractivity contribution in [2.45, 2.75) is 33.2 Å². The molecule has 2 aromatic heterocycles. The lowest BCUT2D eigenvalue weighted by molar-refractivity contribution is 0.288. The highest BCUT2D eigenvalue weighted by Crippen LogP contribution is 2.29. The molecule has 0 saturated heterocycles. The van der Waals surface area contributed by atoms with Gasteiger partial charge in [0.2, 0.25) is 5.88 Å². The minimum Gasteiger partial charge on any atom is -0.477 e. The number of aromatic nitrogens is 3. The lowest BCUT2D eigenvalue weighted by Gasteiger charge is -2.10. The van der Waals surface area contributed by atoms with Gasteiger partial charge in [0.25, 0.3) is 0 Å². The monoisotopic (exact) mass is 309 g/mol. The van der Waals surface area contributed by atoms with Gasteiger partial charge in [0.1, 0.15) is 11.6 Å². The van der Waals surface area contributed by atoms with Gasteiger partial charge in [0.05, 0.1) is 12.3 Å². The zero-order valence-corrected chi connectivity index (χ0v) is 13.3. The fraction of sp³-hybridized carbons (Fsp3) is 0.412. The highest BCUT2D eigenvalue weighted by molar-refractivity contribution is 5.55. The van der Waals surface area contributed by atoms with Gasteiger partial charge >= 0.3 is 0 Å².